The van der Waals surface area contributed by atoms with Crippen LogP contribution in [-0.2, 0) is 4.79 Å². The molecule has 9 heteroatoms. The first kappa shape index (κ1) is 16.9. The van der Waals surface area contributed by atoms with Gasteiger partial charge in [-0.15, -0.1) is 0 Å². The van der Waals surface area contributed by atoms with E-state index in [1.165, 1.54) is 6.20 Å². The van der Waals surface area contributed by atoms with Crippen LogP contribution in [0.15, 0.2) is 29.2 Å². The van der Waals surface area contributed by atoms with Crippen molar-refractivity contribution in [3.63, 3.8) is 0 Å². The lowest BCUT2D eigenvalue weighted by Crippen LogP contribution is -2.42. The van der Waals surface area contributed by atoms with Gasteiger partial charge in [0.05, 0.1) is 4.92 Å². The normalized spacial score (nSPS) is 15.9. The van der Waals surface area contributed by atoms with Crippen LogP contribution in [0.2, 0.25) is 0 Å². The van der Waals surface area contributed by atoms with Crippen LogP contribution in [0.25, 0.3) is 5.65 Å². The zero-order valence-corrected chi connectivity index (χ0v) is 13.8. The second-order valence-electron chi connectivity index (χ2n) is 6.16. The molecule has 0 radical (unpaired) electrons. The van der Waals surface area contributed by atoms with Crippen molar-refractivity contribution in [1.29, 1.82) is 0 Å². The summed E-state index contributed by atoms with van der Waals surface area (Å²) < 4.78 is 1.10. The van der Waals surface area contributed by atoms with Crippen LogP contribution >= 0.6 is 0 Å². The number of rotatable bonds is 5. The fraction of sp³-hybridized carbons (Fsp3) is 0.438. The molecule has 1 aliphatic carbocycles. The van der Waals surface area contributed by atoms with Crippen LogP contribution < -0.4 is 16.2 Å². The summed E-state index contributed by atoms with van der Waals surface area (Å²) >= 11 is 0. The number of aromatic nitrogens is 2. The third-order valence-corrected chi connectivity index (χ3v) is 4.34. The topological polar surface area (TPSA) is 119 Å². The van der Waals surface area contributed by atoms with Crippen molar-refractivity contribution in [1.82, 2.24) is 14.7 Å². The fourth-order valence-corrected chi connectivity index (χ4v) is 3.01. The number of nitrogens with zero attached hydrogens (tertiary/aromatic N) is 3. The molecule has 0 spiro atoms. The molecular formula is C16H19N5O4. The van der Waals surface area contributed by atoms with Crippen molar-refractivity contribution in [3.05, 3.63) is 44.9 Å². The first-order valence-corrected chi connectivity index (χ1v) is 8.20. The van der Waals surface area contributed by atoms with Crippen LogP contribution in [0, 0.1) is 10.1 Å². The van der Waals surface area contributed by atoms with Gasteiger partial charge in [0.2, 0.25) is 11.7 Å². The van der Waals surface area contributed by atoms with Crippen molar-refractivity contribution in [2.75, 3.05) is 5.32 Å². The molecule has 0 saturated heterocycles. The Balaban J connectivity index is 1.89. The van der Waals surface area contributed by atoms with E-state index in [9.17, 15) is 19.7 Å². The molecule has 1 amide bonds. The van der Waals surface area contributed by atoms with Gasteiger partial charge in [-0.05, 0) is 31.9 Å². The highest BCUT2D eigenvalue weighted by Gasteiger charge is 2.27. The van der Waals surface area contributed by atoms with E-state index in [2.05, 4.69) is 15.6 Å². The van der Waals surface area contributed by atoms with Crippen LogP contribution in [0.4, 0.5) is 11.5 Å². The summed E-state index contributed by atoms with van der Waals surface area (Å²) in [4.78, 5) is 39.3. The molecule has 3 rings (SSSR count). The highest BCUT2D eigenvalue weighted by molar-refractivity contribution is 5.85. The van der Waals surface area contributed by atoms with Gasteiger partial charge in [-0.1, -0.05) is 18.9 Å². The van der Waals surface area contributed by atoms with Crippen LogP contribution in [-0.4, -0.2) is 32.3 Å². The lowest BCUT2D eigenvalue weighted by atomic mass is 10.2. The molecule has 0 aromatic carbocycles. The molecule has 1 atom stereocenters. The second kappa shape index (κ2) is 6.88. The minimum absolute atomic E-state index is 0.141. The highest BCUT2D eigenvalue weighted by atomic mass is 16.6. The highest BCUT2D eigenvalue weighted by Crippen LogP contribution is 2.20. The number of nitro groups is 1. The summed E-state index contributed by atoms with van der Waals surface area (Å²) in [6.07, 6.45) is 5.46. The molecule has 25 heavy (non-hydrogen) atoms. The molecule has 1 saturated carbocycles. The molecule has 0 aliphatic heterocycles. The first-order chi connectivity index (χ1) is 12.0. The smallest absolute Gasteiger partial charge is 0.353 e. The fourth-order valence-electron chi connectivity index (χ4n) is 3.01. The number of hydrogen-bond donors (Lipinski definition) is 2. The number of nitrogens with one attached hydrogen (secondary N) is 2. The Morgan fingerprint density at radius 2 is 2.12 bits per heavy atom. The maximum absolute atomic E-state index is 12.4. The van der Waals surface area contributed by atoms with Crippen molar-refractivity contribution in [3.8, 4) is 0 Å². The zero-order valence-electron chi connectivity index (χ0n) is 13.8. The summed E-state index contributed by atoms with van der Waals surface area (Å²) in [5, 5.41) is 17.0. The third kappa shape index (κ3) is 3.44. The van der Waals surface area contributed by atoms with Crippen LogP contribution in [0.3, 0.4) is 0 Å². The zero-order chi connectivity index (χ0) is 18.0. The van der Waals surface area contributed by atoms with Gasteiger partial charge in [-0.2, -0.15) is 0 Å². The number of anilines is 1. The molecule has 2 aromatic heterocycles. The number of amides is 1. The van der Waals surface area contributed by atoms with Crippen molar-refractivity contribution in [2.24, 2.45) is 0 Å². The largest absolute Gasteiger partial charge is 0.376 e. The quantitative estimate of drug-likeness (QED) is 0.625. The van der Waals surface area contributed by atoms with Gasteiger partial charge in [0, 0.05) is 12.2 Å². The summed E-state index contributed by atoms with van der Waals surface area (Å²) in [6.45, 7) is 1.59. The Morgan fingerprint density at radius 3 is 2.80 bits per heavy atom. The Hall–Kier alpha value is -2.97. The second-order valence-corrected chi connectivity index (χ2v) is 6.16. The van der Waals surface area contributed by atoms with Crippen LogP contribution in [0.5, 0.6) is 0 Å². The predicted octanol–water partition coefficient (Wildman–Crippen LogP) is 1.46. The maximum atomic E-state index is 12.4. The summed E-state index contributed by atoms with van der Waals surface area (Å²) in [6, 6.07) is 4.22. The van der Waals surface area contributed by atoms with Crippen molar-refractivity contribution >= 4 is 23.1 Å². The molecular weight excluding hydrogens is 326 g/mol. The Bertz CT molecular complexity index is 872. The van der Waals surface area contributed by atoms with Gasteiger partial charge in [0.1, 0.15) is 11.7 Å². The number of pyridine rings is 1. The monoisotopic (exact) mass is 345 g/mol. The van der Waals surface area contributed by atoms with Gasteiger partial charge >= 0.3 is 11.2 Å². The number of carbonyl (C=O) groups is 1. The van der Waals surface area contributed by atoms with E-state index in [1.807, 2.05) is 0 Å². The maximum Gasteiger partial charge on any atom is 0.376 e. The van der Waals surface area contributed by atoms with E-state index in [4.69, 9.17) is 0 Å². The molecule has 1 fully saturated rings. The number of fused-ring (bicyclic) bond motifs is 1. The van der Waals surface area contributed by atoms with Crippen molar-refractivity contribution < 1.29 is 9.72 Å². The Labute approximate surface area is 143 Å². The minimum atomic E-state index is -0.790. The van der Waals surface area contributed by atoms with E-state index in [0.29, 0.717) is 0 Å². The SMILES string of the molecule is C[C@@H](Nc1nc2ccccn2c(=O)c1[N+](=O)[O-])C(=O)NC1CCCC1. The van der Waals surface area contributed by atoms with Crippen LogP contribution in [0.1, 0.15) is 32.6 Å². The first-order valence-electron chi connectivity index (χ1n) is 8.20. The summed E-state index contributed by atoms with van der Waals surface area (Å²) in [7, 11) is 0. The molecule has 1 aliphatic rings. The molecule has 2 N–H and O–H groups in total. The van der Waals surface area contributed by atoms with Crippen molar-refractivity contribution in [2.45, 2.75) is 44.7 Å². The molecule has 0 unspecified atom stereocenters. The number of hydrogen-bond acceptors (Lipinski definition) is 6. The van der Waals surface area contributed by atoms with E-state index >= 15 is 0 Å². The molecule has 2 heterocycles. The van der Waals surface area contributed by atoms with E-state index in [-0.39, 0.29) is 23.4 Å². The van der Waals surface area contributed by atoms with E-state index in [1.54, 1.807) is 25.1 Å². The number of carbonyl (C=O) groups excluding carboxylic acids is 1. The van der Waals surface area contributed by atoms with Gasteiger partial charge < -0.3 is 10.6 Å². The molecule has 2 aromatic rings. The van der Waals surface area contributed by atoms with Gasteiger partial charge in [-0.3, -0.25) is 24.1 Å². The lowest BCUT2D eigenvalue weighted by molar-refractivity contribution is -0.385. The standard InChI is InChI=1S/C16H19N5O4/c1-10(15(22)18-11-6-2-3-7-11)17-14-13(21(24)25)16(23)20-9-5-4-8-12(20)19-14/h4-5,8-11,17H,2-3,6-7H2,1H3,(H,18,22)/t10-/m1/s1. The molecule has 132 valence electrons. The Morgan fingerprint density at radius 1 is 1.40 bits per heavy atom. The lowest BCUT2D eigenvalue weighted by Gasteiger charge is -2.18. The predicted molar refractivity (Wildman–Crippen MR) is 91.6 cm³/mol. The molecule has 0 bridgehead atoms. The summed E-state index contributed by atoms with van der Waals surface area (Å²) in [5.74, 6) is -0.466. The van der Waals surface area contributed by atoms with Gasteiger partial charge in [0.25, 0.3) is 0 Å². The Kier molecular flexibility index (Phi) is 4.64. The van der Waals surface area contributed by atoms with E-state index in [0.717, 1.165) is 30.1 Å². The van der Waals surface area contributed by atoms with Gasteiger partial charge in [0.15, 0.2) is 0 Å². The average Bonchev–Trinajstić information content (AvgIpc) is 3.07. The minimum Gasteiger partial charge on any atom is -0.353 e. The third-order valence-electron chi connectivity index (χ3n) is 4.34. The van der Waals surface area contributed by atoms with Gasteiger partial charge in [-0.25, -0.2) is 4.98 Å². The van der Waals surface area contributed by atoms with E-state index < -0.39 is 22.2 Å². The summed E-state index contributed by atoms with van der Waals surface area (Å²) in [5.41, 5.74) is -1.20. The average molecular weight is 345 g/mol. The molecule has 9 nitrogen and oxygen atoms in total.